The Balaban J connectivity index is 2.08. The molecule has 0 radical (unpaired) electrons. The lowest BCUT2D eigenvalue weighted by molar-refractivity contribution is 0.113. The van der Waals surface area contributed by atoms with Crippen molar-refractivity contribution < 1.29 is 10.2 Å². The molecule has 1 fully saturated rings. The normalized spacial score (nSPS) is 19.5. The summed E-state index contributed by atoms with van der Waals surface area (Å²) < 4.78 is 0. The van der Waals surface area contributed by atoms with Crippen LogP contribution in [0.3, 0.4) is 0 Å². The molecular weight excluding hydrogens is 128 g/mol. The number of hydrogen-bond acceptors (Lipinski definition) is 2. The van der Waals surface area contributed by atoms with E-state index >= 15 is 0 Å². The van der Waals surface area contributed by atoms with Crippen LogP contribution in [0, 0.1) is 11.8 Å². The van der Waals surface area contributed by atoms with E-state index in [-0.39, 0.29) is 19.1 Å². The van der Waals surface area contributed by atoms with E-state index in [0.717, 1.165) is 12.3 Å². The topological polar surface area (TPSA) is 40.5 Å². The Morgan fingerprint density at radius 2 is 1.80 bits per heavy atom. The Kier molecular flexibility index (Phi) is 3.16. The Morgan fingerprint density at radius 1 is 1.20 bits per heavy atom. The summed E-state index contributed by atoms with van der Waals surface area (Å²) >= 11 is 0. The van der Waals surface area contributed by atoms with Crippen LogP contribution in [0.25, 0.3) is 0 Å². The molecule has 0 amide bonds. The predicted octanol–water partition coefficient (Wildman–Crippen LogP) is 0.777. The third kappa shape index (κ3) is 1.96. The van der Waals surface area contributed by atoms with Gasteiger partial charge in [0.05, 0.1) is 0 Å². The molecule has 1 saturated carbocycles. The predicted molar refractivity (Wildman–Crippen MR) is 39.6 cm³/mol. The van der Waals surface area contributed by atoms with Crippen LogP contribution >= 0.6 is 0 Å². The first kappa shape index (κ1) is 8.02. The van der Waals surface area contributed by atoms with Crippen molar-refractivity contribution in [3.63, 3.8) is 0 Å². The smallest absolute Gasteiger partial charge is 0.0481 e. The average molecular weight is 144 g/mol. The fourth-order valence-corrected chi connectivity index (χ4v) is 1.41. The maximum atomic E-state index is 8.73. The van der Waals surface area contributed by atoms with Gasteiger partial charge in [-0.1, -0.05) is 19.3 Å². The van der Waals surface area contributed by atoms with Gasteiger partial charge in [-0.15, -0.1) is 0 Å². The van der Waals surface area contributed by atoms with Gasteiger partial charge in [0, 0.05) is 19.1 Å². The van der Waals surface area contributed by atoms with Crippen LogP contribution in [0.5, 0.6) is 0 Å². The summed E-state index contributed by atoms with van der Waals surface area (Å²) in [5.41, 5.74) is 0. The lowest BCUT2D eigenvalue weighted by atomic mass is 9.79. The van der Waals surface area contributed by atoms with E-state index < -0.39 is 0 Å². The molecule has 1 aliphatic rings. The molecule has 1 aliphatic carbocycles. The highest BCUT2D eigenvalue weighted by Crippen LogP contribution is 2.31. The van der Waals surface area contributed by atoms with E-state index in [0.29, 0.717) is 0 Å². The zero-order valence-corrected chi connectivity index (χ0v) is 6.29. The lowest BCUT2D eigenvalue weighted by Crippen LogP contribution is -2.20. The van der Waals surface area contributed by atoms with Crippen molar-refractivity contribution in [3.05, 3.63) is 0 Å². The molecule has 60 valence electrons. The van der Waals surface area contributed by atoms with E-state index in [2.05, 4.69) is 0 Å². The number of aliphatic hydroxyl groups is 2. The van der Waals surface area contributed by atoms with Gasteiger partial charge in [0.1, 0.15) is 0 Å². The van der Waals surface area contributed by atoms with Gasteiger partial charge in [0.15, 0.2) is 0 Å². The lowest BCUT2D eigenvalue weighted by Gasteiger charge is -2.27. The number of hydrogen-bond donors (Lipinski definition) is 2. The van der Waals surface area contributed by atoms with Crippen molar-refractivity contribution in [1.29, 1.82) is 0 Å². The maximum absolute atomic E-state index is 8.73. The van der Waals surface area contributed by atoms with Gasteiger partial charge in [-0.05, 0) is 12.3 Å². The van der Waals surface area contributed by atoms with Gasteiger partial charge in [-0.2, -0.15) is 0 Å². The van der Waals surface area contributed by atoms with Crippen molar-refractivity contribution in [1.82, 2.24) is 0 Å². The van der Waals surface area contributed by atoms with Crippen molar-refractivity contribution >= 4 is 0 Å². The molecule has 0 heterocycles. The second-order valence-electron chi connectivity index (χ2n) is 3.26. The largest absolute Gasteiger partial charge is 0.396 e. The van der Waals surface area contributed by atoms with Gasteiger partial charge in [0.25, 0.3) is 0 Å². The van der Waals surface area contributed by atoms with Crippen LogP contribution in [0.4, 0.5) is 0 Å². The minimum atomic E-state index is 0.144. The zero-order valence-electron chi connectivity index (χ0n) is 6.29. The number of aliphatic hydroxyl groups excluding tert-OH is 2. The third-order valence-corrected chi connectivity index (χ3v) is 2.41. The summed E-state index contributed by atoms with van der Waals surface area (Å²) in [7, 11) is 0. The molecule has 2 nitrogen and oxygen atoms in total. The first-order valence-electron chi connectivity index (χ1n) is 4.08. The van der Waals surface area contributed by atoms with E-state index in [9.17, 15) is 0 Å². The van der Waals surface area contributed by atoms with E-state index in [1.165, 1.54) is 19.3 Å². The van der Waals surface area contributed by atoms with E-state index in [1.54, 1.807) is 0 Å². The summed E-state index contributed by atoms with van der Waals surface area (Å²) in [6.45, 7) is 0.292. The highest BCUT2D eigenvalue weighted by Gasteiger charge is 2.20. The van der Waals surface area contributed by atoms with Crippen molar-refractivity contribution in [2.45, 2.75) is 25.7 Å². The van der Waals surface area contributed by atoms with Gasteiger partial charge in [-0.25, -0.2) is 0 Å². The molecule has 10 heavy (non-hydrogen) atoms. The van der Waals surface area contributed by atoms with Gasteiger partial charge >= 0.3 is 0 Å². The minimum Gasteiger partial charge on any atom is -0.396 e. The number of rotatable bonds is 4. The standard InChI is InChI=1S/C8H16O2/c9-5-8(6-10)4-7-2-1-3-7/h7-10H,1-6H2. The van der Waals surface area contributed by atoms with Crippen molar-refractivity contribution in [2.75, 3.05) is 13.2 Å². The Labute approximate surface area is 61.9 Å². The highest BCUT2D eigenvalue weighted by atomic mass is 16.3. The molecule has 0 aromatic rings. The summed E-state index contributed by atoms with van der Waals surface area (Å²) in [6.07, 6.45) is 4.97. The highest BCUT2D eigenvalue weighted by molar-refractivity contribution is 4.72. The molecule has 0 atom stereocenters. The third-order valence-electron chi connectivity index (χ3n) is 2.41. The first-order valence-corrected chi connectivity index (χ1v) is 4.08. The molecule has 1 rings (SSSR count). The quantitative estimate of drug-likeness (QED) is 0.612. The molecule has 0 spiro atoms. The SMILES string of the molecule is OCC(CO)CC1CCC1. The fraction of sp³-hybridized carbons (Fsp3) is 1.00. The molecule has 2 heteroatoms. The Morgan fingerprint density at radius 3 is 2.10 bits per heavy atom. The molecule has 0 bridgehead atoms. The van der Waals surface area contributed by atoms with Crippen LogP contribution in [0.15, 0.2) is 0 Å². The molecule has 0 saturated heterocycles. The monoisotopic (exact) mass is 144 g/mol. The fourth-order valence-electron chi connectivity index (χ4n) is 1.41. The molecule has 0 unspecified atom stereocenters. The first-order chi connectivity index (χ1) is 4.86. The summed E-state index contributed by atoms with van der Waals surface area (Å²) in [5.74, 6) is 0.939. The summed E-state index contributed by atoms with van der Waals surface area (Å²) in [6, 6.07) is 0. The molecule has 0 aromatic heterocycles. The maximum Gasteiger partial charge on any atom is 0.0481 e. The summed E-state index contributed by atoms with van der Waals surface area (Å²) in [5, 5.41) is 17.5. The molecule has 2 N–H and O–H groups in total. The zero-order chi connectivity index (χ0) is 7.40. The van der Waals surface area contributed by atoms with Gasteiger partial charge in [-0.3, -0.25) is 0 Å². The Bertz CT molecular complexity index is 85.3. The van der Waals surface area contributed by atoms with E-state index in [4.69, 9.17) is 10.2 Å². The summed E-state index contributed by atoms with van der Waals surface area (Å²) in [4.78, 5) is 0. The van der Waals surface area contributed by atoms with Crippen LogP contribution in [0.2, 0.25) is 0 Å². The minimum absolute atomic E-state index is 0.144. The Hall–Kier alpha value is -0.0800. The van der Waals surface area contributed by atoms with Crippen LogP contribution in [0.1, 0.15) is 25.7 Å². The van der Waals surface area contributed by atoms with E-state index in [1.807, 2.05) is 0 Å². The van der Waals surface area contributed by atoms with Crippen LogP contribution in [-0.4, -0.2) is 23.4 Å². The molecule has 0 aliphatic heterocycles. The van der Waals surface area contributed by atoms with Crippen molar-refractivity contribution in [3.8, 4) is 0 Å². The molecular formula is C8H16O2. The average Bonchev–Trinajstić information content (AvgIpc) is 1.87. The second kappa shape index (κ2) is 3.94. The van der Waals surface area contributed by atoms with Gasteiger partial charge < -0.3 is 10.2 Å². The second-order valence-corrected chi connectivity index (χ2v) is 3.26. The molecule has 0 aromatic carbocycles. The van der Waals surface area contributed by atoms with Crippen LogP contribution < -0.4 is 0 Å². The van der Waals surface area contributed by atoms with Crippen LogP contribution in [-0.2, 0) is 0 Å². The van der Waals surface area contributed by atoms with Gasteiger partial charge in [0.2, 0.25) is 0 Å². The van der Waals surface area contributed by atoms with Crippen molar-refractivity contribution in [2.24, 2.45) is 11.8 Å².